The Bertz CT molecular complexity index is 915. The van der Waals surface area contributed by atoms with E-state index < -0.39 is 0 Å². The zero-order chi connectivity index (χ0) is 22.1. The predicted octanol–water partition coefficient (Wildman–Crippen LogP) is 2.75. The van der Waals surface area contributed by atoms with Gasteiger partial charge >= 0.3 is 0 Å². The first kappa shape index (κ1) is 22.3. The maximum atomic E-state index is 12.5. The van der Waals surface area contributed by atoms with Crippen molar-refractivity contribution in [1.29, 1.82) is 0 Å². The fraction of sp³-hybridized carbons (Fsp3) is 0.320. The average Bonchev–Trinajstić information content (AvgIpc) is 2.83. The van der Waals surface area contributed by atoms with Gasteiger partial charge in [-0.3, -0.25) is 14.4 Å². The molecule has 1 heterocycles. The second-order valence-electron chi connectivity index (χ2n) is 7.58. The molecule has 2 aromatic rings. The Kier molecular flexibility index (Phi) is 7.98. The summed E-state index contributed by atoms with van der Waals surface area (Å²) in [5, 5.41) is 2.58. The molecular formula is C25H29N3O3. The molecule has 0 radical (unpaired) electrons. The number of nitrogens with one attached hydrogen (secondary N) is 1. The summed E-state index contributed by atoms with van der Waals surface area (Å²) >= 11 is 0. The lowest BCUT2D eigenvalue weighted by molar-refractivity contribution is -0.137. The molecule has 1 aliphatic heterocycles. The molecule has 1 aliphatic rings. The van der Waals surface area contributed by atoms with Crippen LogP contribution >= 0.6 is 0 Å². The Hall–Kier alpha value is -3.41. The quantitative estimate of drug-likeness (QED) is 0.702. The first-order chi connectivity index (χ1) is 15.1. The molecule has 0 atom stereocenters. The van der Waals surface area contributed by atoms with Gasteiger partial charge in [0.25, 0.3) is 5.91 Å². The summed E-state index contributed by atoms with van der Waals surface area (Å²) in [5.41, 5.74) is 2.68. The van der Waals surface area contributed by atoms with Crippen molar-refractivity contribution in [3.05, 3.63) is 77.4 Å². The molecule has 0 unspecified atom stereocenters. The van der Waals surface area contributed by atoms with Crippen LogP contribution in [0.4, 0.5) is 0 Å². The molecule has 2 aromatic carbocycles. The summed E-state index contributed by atoms with van der Waals surface area (Å²) in [6.07, 6.45) is 5.57. The van der Waals surface area contributed by atoms with E-state index in [1.165, 1.54) is 5.56 Å². The zero-order valence-corrected chi connectivity index (χ0v) is 17.9. The lowest BCUT2D eigenvalue weighted by Gasteiger charge is -2.34. The van der Waals surface area contributed by atoms with Crippen molar-refractivity contribution in [2.45, 2.75) is 19.3 Å². The van der Waals surface area contributed by atoms with E-state index in [4.69, 9.17) is 0 Å². The van der Waals surface area contributed by atoms with Crippen molar-refractivity contribution >= 4 is 23.8 Å². The SMILES string of the molecule is CNC(=O)c1ccc(/C=C/C(=O)N2CCN(C(=O)CCCc3ccccc3)CC2)cc1. The van der Waals surface area contributed by atoms with E-state index in [0.29, 0.717) is 38.2 Å². The van der Waals surface area contributed by atoms with Gasteiger partial charge in [-0.2, -0.15) is 0 Å². The third kappa shape index (κ3) is 6.54. The molecule has 0 bridgehead atoms. The summed E-state index contributed by atoms with van der Waals surface area (Å²) in [4.78, 5) is 40.1. The van der Waals surface area contributed by atoms with E-state index in [-0.39, 0.29) is 17.7 Å². The molecule has 1 N–H and O–H groups in total. The van der Waals surface area contributed by atoms with Gasteiger partial charge in [0.1, 0.15) is 0 Å². The van der Waals surface area contributed by atoms with Crippen molar-refractivity contribution < 1.29 is 14.4 Å². The number of carbonyl (C=O) groups excluding carboxylic acids is 3. The predicted molar refractivity (Wildman–Crippen MR) is 121 cm³/mol. The van der Waals surface area contributed by atoms with Gasteiger partial charge in [0.05, 0.1) is 0 Å². The Morgan fingerprint density at radius 1 is 0.903 bits per heavy atom. The van der Waals surface area contributed by atoms with Gasteiger partial charge in [-0.15, -0.1) is 0 Å². The summed E-state index contributed by atoms with van der Waals surface area (Å²) in [6.45, 7) is 2.24. The Labute approximate surface area is 183 Å². The maximum absolute atomic E-state index is 12.5. The third-order valence-corrected chi connectivity index (χ3v) is 5.46. The lowest BCUT2D eigenvalue weighted by atomic mass is 10.1. The van der Waals surface area contributed by atoms with Gasteiger partial charge < -0.3 is 15.1 Å². The molecule has 162 valence electrons. The van der Waals surface area contributed by atoms with Crippen LogP contribution in [-0.4, -0.2) is 60.7 Å². The number of piperazine rings is 1. The molecule has 0 aromatic heterocycles. The van der Waals surface area contributed by atoms with Crippen molar-refractivity contribution in [2.75, 3.05) is 33.2 Å². The molecule has 0 spiro atoms. The van der Waals surface area contributed by atoms with Crippen molar-refractivity contribution in [1.82, 2.24) is 15.1 Å². The van der Waals surface area contributed by atoms with Crippen LogP contribution in [0.2, 0.25) is 0 Å². The number of nitrogens with zero attached hydrogens (tertiary/aromatic N) is 2. The molecule has 6 heteroatoms. The largest absolute Gasteiger partial charge is 0.355 e. The molecule has 31 heavy (non-hydrogen) atoms. The van der Waals surface area contributed by atoms with Crippen molar-refractivity contribution in [2.24, 2.45) is 0 Å². The highest BCUT2D eigenvalue weighted by Crippen LogP contribution is 2.11. The molecule has 3 rings (SSSR count). The minimum atomic E-state index is -0.140. The fourth-order valence-corrected chi connectivity index (χ4v) is 3.59. The van der Waals surface area contributed by atoms with Crippen LogP contribution < -0.4 is 5.32 Å². The second kappa shape index (κ2) is 11.1. The van der Waals surface area contributed by atoms with E-state index in [1.54, 1.807) is 48.4 Å². The first-order valence-corrected chi connectivity index (χ1v) is 10.7. The smallest absolute Gasteiger partial charge is 0.251 e. The molecule has 1 saturated heterocycles. The summed E-state index contributed by atoms with van der Waals surface area (Å²) in [5.74, 6) is -0.0413. The second-order valence-corrected chi connectivity index (χ2v) is 7.58. The van der Waals surface area contributed by atoms with Gasteiger partial charge in [0, 0.05) is 51.3 Å². The number of amides is 3. The minimum absolute atomic E-state index is 0.0634. The Morgan fingerprint density at radius 2 is 1.55 bits per heavy atom. The topological polar surface area (TPSA) is 69.7 Å². The Balaban J connectivity index is 1.41. The van der Waals surface area contributed by atoms with Gasteiger partial charge in [0.15, 0.2) is 0 Å². The van der Waals surface area contributed by atoms with Crippen molar-refractivity contribution in [3.8, 4) is 0 Å². The summed E-state index contributed by atoms with van der Waals surface area (Å²) < 4.78 is 0. The third-order valence-electron chi connectivity index (χ3n) is 5.46. The van der Waals surface area contributed by atoms with Crippen LogP contribution in [0.25, 0.3) is 6.08 Å². The number of hydrogen-bond acceptors (Lipinski definition) is 3. The van der Waals surface area contributed by atoms with Gasteiger partial charge in [-0.25, -0.2) is 0 Å². The number of aryl methyl sites for hydroxylation is 1. The normalized spacial score (nSPS) is 14.0. The van der Waals surface area contributed by atoms with E-state index in [9.17, 15) is 14.4 Å². The summed E-state index contributed by atoms with van der Waals surface area (Å²) in [6, 6.07) is 17.3. The number of hydrogen-bond donors (Lipinski definition) is 1. The monoisotopic (exact) mass is 419 g/mol. The molecule has 0 aliphatic carbocycles. The highest BCUT2D eigenvalue weighted by atomic mass is 16.2. The van der Waals surface area contributed by atoms with E-state index >= 15 is 0 Å². The standard InChI is InChI=1S/C25H29N3O3/c1-26-25(31)22-13-10-21(11-14-22)12-15-24(30)28-18-16-27(17-19-28)23(29)9-5-8-20-6-3-2-4-7-20/h2-4,6-7,10-15H,5,8-9,16-19H2,1H3,(H,26,31)/b15-12+. The Morgan fingerprint density at radius 3 is 2.19 bits per heavy atom. The minimum Gasteiger partial charge on any atom is -0.355 e. The first-order valence-electron chi connectivity index (χ1n) is 10.7. The lowest BCUT2D eigenvalue weighted by Crippen LogP contribution is -2.50. The van der Waals surface area contributed by atoms with Crippen LogP contribution in [0.15, 0.2) is 60.7 Å². The zero-order valence-electron chi connectivity index (χ0n) is 17.9. The number of carbonyl (C=O) groups is 3. The molecule has 6 nitrogen and oxygen atoms in total. The van der Waals surface area contributed by atoms with Crippen LogP contribution in [0.3, 0.4) is 0 Å². The van der Waals surface area contributed by atoms with Crippen LogP contribution in [-0.2, 0) is 16.0 Å². The van der Waals surface area contributed by atoms with Crippen LogP contribution in [0, 0.1) is 0 Å². The van der Waals surface area contributed by atoms with Crippen LogP contribution in [0.1, 0.15) is 34.3 Å². The molecule has 3 amide bonds. The highest BCUT2D eigenvalue weighted by molar-refractivity contribution is 5.95. The average molecular weight is 420 g/mol. The van der Waals surface area contributed by atoms with Crippen molar-refractivity contribution in [3.63, 3.8) is 0 Å². The molecule has 1 fully saturated rings. The fourth-order valence-electron chi connectivity index (χ4n) is 3.59. The van der Waals surface area contributed by atoms with Gasteiger partial charge in [-0.05, 0) is 42.2 Å². The van der Waals surface area contributed by atoms with Gasteiger partial charge in [-0.1, -0.05) is 42.5 Å². The maximum Gasteiger partial charge on any atom is 0.251 e. The molecular weight excluding hydrogens is 390 g/mol. The van der Waals surface area contributed by atoms with E-state index in [2.05, 4.69) is 17.4 Å². The van der Waals surface area contributed by atoms with Crippen LogP contribution in [0.5, 0.6) is 0 Å². The number of rotatable bonds is 7. The van der Waals surface area contributed by atoms with E-state index in [0.717, 1.165) is 18.4 Å². The number of benzene rings is 2. The van der Waals surface area contributed by atoms with E-state index in [1.807, 2.05) is 23.1 Å². The molecule has 0 saturated carbocycles. The van der Waals surface area contributed by atoms with Gasteiger partial charge in [0.2, 0.25) is 11.8 Å². The summed E-state index contributed by atoms with van der Waals surface area (Å²) in [7, 11) is 1.59. The highest BCUT2D eigenvalue weighted by Gasteiger charge is 2.22.